The van der Waals surface area contributed by atoms with Crippen LogP contribution in [-0.2, 0) is 52.0 Å². The van der Waals surface area contributed by atoms with E-state index < -0.39 is 92.7 Å². The number of esters is 2. The number of carbonyl (C=O) groups excluding carboxylic acids is 2. The van der Waals surface area contributed by atoms with Gasteiger partial charge in [0.2, 0.25) is 16.6 Å². The summed E-state index contributed by atoms with van der Waals surface area (Å²) in [5, 5.41) is 10.9. The van der Waals surface area contributed by atoms with Crippen molar-refractivity contribution in [3.8, 4) is 0 Å². The van der Waals surface area contributed by atoms with Crippen molar-refractivity contribution >= 4 is 167 Å². The number of rotatable bonds is 44. The van der Waals surface area contributed by atoms with Crippen molar-refractivity contribution in [2.75, 3.05) is 13.2 Å². The van der Waals surface area contributed by atoms with Gasteiger partial charge in [0.25, 0.3) is 0 Å². The van der Waals surface area contributed by atoms with Crippen LogP contribution in [0, 0.1) is 0 Å². The predicted octanol–water partition coefficient (Wildman–Crippen LogP) is 16.2. The highest BCUT2D eigenvalue weighted by molar-refractivity contribution is 7.15. The molecule has 0 aliphatic rings. The molecule has 12 nitrogen and oxygen atoms in total. The lowest BCUT2D eigenvalue weighted by Gasteiger charge is -2.51. The van der Waals surface area contributed by atoms with E-state index in [-0.39, 0.29) is 11.9 Å². The molecule has 0 saturated heterocycles. The van der Waals surface area contributed by atoms with Crippen LogP contribution >= 0.6 is 0 Å². The van der Waals surface area contributed by atoms with Crippen molar-refractivity contribution in [2.24, 2.45) is 0 Å². The zero-order valence-electron chi connectivity index (χ0n) is 73.5. The highest BCUT2D eigenvalue weighted by Crippen LogP contribution is 2.37. The molecule has 0 aliphatic heterocycles. The Hall–Kier alpha value is -8.87. The lowest BCUT2D eigenvalue weighted by atomic mass is 10.4. The quantitative estimate of drug-likeness (QED) is 0.0156. The van der Waals surface area contributed by atoms with Crippen LogP contribution in [0.1, 0.15) is 26.7 Å². The molecule has 12 aromatic carbocycles. The van der Waals surface area contributed by atoms with Gasteiger partial charge in [-0.2, -0.15) is 0 Å². The molecule has 0 amide bonds. The fourth-order valence-electron chi connectivity index (χ4n) is 16.6. The van der Waals surface area contributed by atoms with E-state index >= 15 is 0 Å². The maximum absolute atomic E-state index is 12.5. The molecule has 0 N–H and O–H groups in total. The molecule has 2 unspecified atom stereocenters. The van der Waals surface area contributed by atoms with Crippen LogP contribution in [0.5, 0.6) is 0 Å². The molecule has 2 atom stereocenters. The topological polar surface area (TPSA) is 126 Å². The maximum atomic E-state index is 12.5. The van der Waals surface area contributed by atoms with Gasteiger partial charge in [-0.05, 0) is 191 Å². The molecule has 123 heavy (non-hydrogen) atoms. The van der Waals surface area contributed by atoms with Crippen molar-refractivity contribution in [2.45, 2.75) is 128 Å². The summed E-state index contributed by atoms with van der Waals surface area (Å²) in [7, 11) is -39.7. The summed E-state index contributed by atoms with van der Waals surface area (Å²) < 4.78 is 82.3. The Balaban J connectivity index is 1.12. The van der Waals surface area contributed by atoms with Gasteiger partial charge in [-0.3, -0.25) is 0 Å². The second kappa shape index (κ2) is 41.5. The average Bonchev–Trinajstić information content (AvgIpc) is 0.705. The second-order valence-corrected chi connectivity index (χ2v) is 76.5. The number of hydrogen-bond acceptors (Lipinski definition) is 12. The van der Waals surface area contributed by atoms with E-state index in [9.17, 15) is 26.0 Å². The fraction of sp³-hybridized carbons (Fsp3) is 0.220. The summed E-state index contributed by atoms with van der Waals surface area (Å²) in [5.74, 6) is -0.742. The van der Waals surface area contributed by atoms with Gasteiger partial charge >= 0.3 is 54.7 Å². The Kier molecular flexibility index (Phi) is 31.5. The Labute approximate surface area is 743 Å². The first-order chi connectivity index (χ1) is 59.0. The number of carbonyl (C=O) groups is 2. The zero-order valence-corrected chi connectivity index (χ0v) is 84.5. The number of hydrogen-bond donors (Lipinski definition) is 0. The Morgan fingerprint density at radius 3 is 0.537 bits per heavy atom. The number of ether oxygens (including phenoxy) is 2. The summed E-state index contributed by atoms with van der Waals surface area (Å²) in [4.78, 5) is 25.1. The van der Waals surface area contributed by atoms with Crippen LogP contribution in [0.25, 0.3) is 0 Å². The first-order valence-electron chi connectivity index (χ1n) is 42.9. The normalized spacial score (nSPS) is 13.6. The molecule has 12 rings (SSSR count). The van der Waals surface area contributed by atoms with Gasteiger partial charge in [0.1, 0.15) is 0 Å². The van der Waals surface area contributed by atoms with Crippen molar-refractivity contribution in [1.82, 2.24) is 0 Å². The lowest BCUT2D eigenvalue weighted by Crippen LogP contribution is -2.85. The smallest absolute Gasteiger partial charge is 0.390 e. The zero-order chi connectivity index (χ0) is 87.3. The van der Waals surface area contributed by atoms with E-state index in [0.29, 0.717) is 49.3 Å². The SMILES string of the molecule is C=C(C)C(=O)OCCC[Si](C)(C)O[Si](C)(C)CC[Si](C)(O[Si](O[Si](O[Si](O[Si](O[Si](O[Si](C)(CC[Si](C)(C)O[Si](C)(C)CCCOC(=O)C(=C)C)c1ccccc1)(c1ccccc1)c1ccccc1)(c1ccccc1)c1ccccc1)(c1ccccc1)c1ccccc1)(c1ccccc1)c1ccccc1)(c1ccccc1)c1ccccc1)c1ccccc1. The summed E-state index contributed by atoms with van der Waals surface area (Å²) in [6.07, 6.45) is 1.40. The van der Waals surface area contributed by atoms with Crippen LogP contribution in [0.3, 0.4) is 0 Å². The van der Waals surface area contributed by atoms with Crippen LogP contribution in [-0.4, -0.2) is 118 Å². The van der Waals surface area contributed by atoms with Crippen molar-refractivity contribution in [3.05, 3.63) is 388 Å². The van der Waals surface area contributed by atoms with Gasteiger partial charge in [0.15, 0.2) is 33.3 Å². The second-order valence-electron chi connectivity index (χ2n) is 34.8. The van der Waals surface area contributed by atoms with E-state index in [2.05, 4.69) is 443 Å². The summed E-state index contributed by atoms with van der Waals surface area (Å²) >= 11 is 0. The van der Waals surface area contributed by atoms with E-state index in [0.717, 1.165) is 86.4 Å². The van der Waals surface area contributed by atoms with Crippen LogP contribution in [0.15, 0.2) is 388 Å². The average molecular weight is 1820 g/mol. The third-order valence-electron chi connectivity index (χ3n) is 22.7. The van der Waals surface area contributed by atoms with E-state index in [1.54, 1.807) is 13.8 Å². The Morgan fingerprint density at radius 1 is 0.211 bits per heavy atom. The molecule has 0 aromatic heterocycles. The fourth-order valence-corrected chi connectivity index (χ4v) is 76.6. The highest BCUT2D eigenvalue weighted by Gasteiger charge is 2.66. The van der Waals surface area contributed by atoms with E-state index in [4.69, 9.17) is 25.9 Å². The van der Waals surface area contributed by atoms with Crippen LogP contribution < -0.4 is 62.2 Å². The summed E-state index contributed by atoms with van der Waals surface area (Å²) in [6, 6.07) is 133. The largest absolute Gasteiger partial charge is 0.462 e. The van der Waals surface area contributed by atoms with Crippen LogP contribution in [0.2, 0.25) is 102 Å². The van der Waals surface area contributed by atoms with Gasteiger partial charge in [-0.1, -0.05) is 377 Å². The van der Waals surface area contributed by atoms with Crippen molar-refractivity contribution < 1.29 is 52.0 Å². The molecule has 0 bridgehead atoms. The third-order valence-corrected chi connectivity index (χ3v) is 70.1. The maximum Gasteiger partial charge on any atom is 0.390 e. The van der Waals surface area contributed by atoms with Gasteiger partial charge in [0.05, 0.1) is 13.2 Å². The molecule has 636 valence electrons. The molecular formula is C100H120O12Si11. The minimum Gasteiger partial charge on any atom is -0.462 e. The molecule has 0 saturated carbocycles. The standard InChI is InChI=1S/C100H120O12Si11/c1-85(2)99(101)103-77-51-79-113(5,6)105-115(9,10)81-83-117(13,87-53-27-15-28-54-87)107-119(89-57-31-17-32-58-89,90-59-33-18-34-60-90)109-121(93-65-39-21-40-66-93,94-67-41-22-42-68-94)111-123(97-73-47-25-48-74-97,98-75-49-26-50-76-98)112-122(95-69-43-23-44-70-95,96-71-45-24-46-72-96)110-120(91-61-35-19-36-62-91,92-63-37-20-38-64-92)108-118(14,88-55-29-16-30-56-88)84-82-116(11,12)106-114(7,8)80-52-78-104-100(102)86(3)4/h15-50,53-76H,1,3,51-52,77-84H2,2,4-14H3. The van der Waals surface area contributed by atoms with E-state index in [1.807, 2.05) is 0 Å². The predicted molar refractivity (Wildman–Crippen MR) is 533 cm³/mol. The van der Waals surface area contributed by atoms with Gasteiger partial charge in [0, 0.05) is 11.1 Å². The summed E-state index contributed by atoms with van der Waals surface area (Å²) in [5.41, 5.74) is 0.780. The Bertz CT molecular complexity index is 4850. The Morgan fingerprint density at radius 2 is 0.366 bits per heavy atom. The lowest BCUT2D eigenvalue weighted by molar-refractivity contribution is -0.139. The first kappa shape index (κ1) is 93.3. The van der Waals surface area contributed by atoms with Gasteiger partial charge < -0.3 is 42.4 Å². The van der Waals surface area contributed by atoms with Gasteiger partial charge in [-0.15, -0.1) is 0 Å². The monoisotopic (exact) mass is 1820 g/mol. The molecule has 12 aromatic rings. The molecule has 0 spiro atoms. The molecule has 0 fully saturated rings. The van der Waals surface area contributed by atoms with E-state index in [1.165, 1.54) is 0 Å². The van der Waals surface area contributed by atoms with Gasteiger partial charge in [-0.25, -0.2) is 9.59 Å². The molecule has 0 aliphatic carbocycles. The summed E-state index contributed by atoms with van der Waals surface area (Å²) in [6.45, 7) is 35.0. The third kappa shape index (κ3) is 23.2. The molecule has 0 heterocycles. The van der Waals surface area contributed by atoms with Crippen molar-refractivity contribution in [3.63, 3.8) is 0 Å². The minimum absolute atomic E-state index is 0.311. The minimum atomic E-state index is -4.81. The number of benzene rings is 12. The van der Waals surface area contributed by atoms with Crippen LogP contribution in [0.4, 0.5) is 0 Å². The highest BCUT2D eigenvalue weighted by atomic mass is 28.5. The molecule has 23 heteroatoms. The molecular weight excluding hydrogens is 1700 g/mol. The first-order valence-corrected chi connectivity index (χ1v) is 69.7. The van der Waals surface area contributed by atoms with Crippen molar-refractivity contribution in [1.29, 1.82) is 0 Å². The molecule has 0 radical (unpaired) electrons.